The third kappa shape index (κ3) is 4.17. The van der Waals surface area contributed by atoms with Crippen molar-refractivity contribution in [2.75, 3.05) is 11.8 Å². The molecule has 0 spiro atoms. The van der Waals surface area contributed by atoms with Crippen LogP contribution in [0.5, 0.6) is 5.75 Å². The molecular formula is C21H23NO3S. The Labute approximate surface area is 154 Å². The monoisotopic (exact) mass is 369 g/mol. The zero-order chi connectivity index (χ0) is 18.6. The molecule has 0 saturated heterocycles. The minimum atomic E-state index is -3.63. The fourth-order valence-electron chi connectivity index (χ4n) is 2.83. The molecule has 3 aromatic rings. The number of sulfonamides is 1. The van der Waals surface area contributed by atoms with E-state index in [1.807, 2.05) is 42.5 Å². The molecule has 4 nitrogen and oxygen atoms in total. The fraction of sp³-hybridized carbons (Fsp3) is 0.238. The Morgan fingerprint density at radius 2 is 1.62 bits per heavy atom. The molecule has 1 N–H and O–H groups in total. The van der Waals surface area contributed by atoms with Gasteiger partial charge in [-0.25, -0.2) is 8.42 Å². The van der Waals surface area contributed by atoms with Gasteiger partial charge in [0.2, 0.25) is 0 Å². The van der Waals surface area contributed by atoms with Gasteiger partial charge in [-0.3, -0.25) is 4.72 Å². The van der Waals surface area contributed by atoms with E-state index in [9.17, 15) is 8.42 Å². The highest BCUT2D eigenvalue weighted by Gasteiger charge is 2.15. The lowest BCUT2D eigenvalue weighted by atomic mass is 10.1. The Morgan fingerprint density at radius 3 is 2.31 bits per heavy atom. The third-order valence-corrected chi connectivity index (χ3v) is 5.73. The number of anilines is 1. The summed E-state index contributed by atoms with van der Waals surface area (Å²) in [6.45, 7) is 2.15. The summed E-state index contributed by atoms with van der Waals surface area (Å²) < 4.78 is 33.2. The number of aryl methyl sites for hydroxylation is 1. The number of methoxy groups -OCH3 is 1. The number of benzene rings is 3. The average molecular weight is 369 g/mol. The van der Waals surface area contributed by atoms with E-state index in [1.165, 1.54) is 5.56 Å². The smallest absolute Gasteiger partial charge is 0.261 e. The van der Waals surface area contributed by atoms with Crippen molar-refractivity contribution in [1.82, 2.24) is 0 Å². The lowest BCUT2D eigenvalue weighted by molar-refractivity contribution is 0.415. The fourth-order valence-corrected chi connectivity index (χ4v) is 3.92. The maximum atomic E-state index is 12.7. The minimum Gasteiger partial charge on any atom is -0.497 e. The number of hydrogen-bond donors (Lipinski definition) is 1. The van der Waals surface area contributed by atoms with E-state index < -0.39 is 10.0 Å². The lowest BCUT2D eigenvalue weighted by Gasteiger charge is -2.10. The van der Waals surface area contributed by atoms with Crippen molar-refractivity contribution in [2.24, 2.45) is 0 Å². The van der Waals surface area contributed by atoms with Crippen molar-refractivity contribution in [1.29, 1.82) is 0 Å². The molecule has 26 heavy (non-hydrogen) atoms. The third-order valence-electron chi connectivity index (χ3n) is 4.35. The van der Waals surface area contributed by atoms with Gasteiger partial charge < -0.3 is 4.74 Å². The van der Waals surface area contributed by atoms with Crippen LogP contribution in [-0.4, -0.2) is 15.5 Å². The van der Waals surface area contributed by atoms with Crippen molar-refractivity contribution in [3.8, 4) is 5.75 Å². The summed E-state index contributed by atoms with van der Waals surface area (Å²) in [5, 5.41) is 1.78. The van der Waals surface area contributed by atoms with E-state index in [4.69, 9.17) is 4.74 Å². The first-order valence-corrected chi connectivity index (χ1v) is 10.2. The first kappa shape index (κ1) is 18.3. The van der Waals surface area contributed by atoms with Gasteiger partial charge in [-0.1, -0.05) is 37.6 Å². The van der Waals surface area contributed by atoms with Gasteiger partial charge in [0, 0.05) is 5.69 Å². The molecule has 0 saturated carbocycles. The molecule has 0 heterocycles. The van der Waals surface area contributed by atoms with Gasteiger partial charge in [0.25, 0.3) is 10.0 Å². The predicted octanol–water partition coefficient (Wildman–Crippen LogP) is 4.99. The second kappa shape index (κ2) is 7.79. The topological polar surface area (TPSA) is 55.4 Å². The molecule has 0 fully saturated rings. The number of ether oxygens (including phenoxy) is 1. The summed E-state index contributed by atoms with van der Waals surface area (Å²) in [7, 11) is -2.02. The standard InChI is InChI=1S/C21H23NO3S/c1-3-4-5-16-6-10-19(11-7-16)22-26(23,24)21-13-9-17-14-20(25-2)12-8-18(17)15-21/h6-15,22H,3-5H2,1-2H3. The summed E-state index contributed by atoms with van der Waals surface area (Å²) in [4.78, 5) is 0.241. The lowest BCUT2D eigenvalue weighted by Crippen LogP contribution is -2.12. The first-order chi connectivity index (χ1) is 12.5. The van der Waals surface area contributed by atoms with E-state index in [0.29, 0.717) is 5.69 Å². The van der Waals surface area contributed by atoms with Crippen molar-refractivity contribution in [3.05, 3.63) is 66.2 Å². The molecule has 0 amide bonds. The van der Waals surface area contributed by atoms with Crippen LogP contribution < -0.4 is 9.46 Å². The highest BCUT2D eigenvalue weighted by Crippen LogP contribution is 2.25. The average Bonchev–Trinajstić information content (AvgIpc) is 2.66. The summed E-state index contributed by atoms with van der Waals surface area (Å²) in [5.74, 6) is 0.745. The Kier molecular flexibility index (Phi) is 5.47. The molecule has 136 valence electrons. The van der Waals surface area contributed by atoms with Gasteiger partial charge in [0.15, 0.2) is 0 Å². The first-order valence-electron chi connectivity index (χ1n) is 8.71. The van der Waals surface area contributed by atoms with Gasteiger partial charge in [-0.05, 0) is 65.6 Å². The number of hydrogen-bond acceptors (Lipinski definition) is 3. The maximum Gasteiger partial charge on any atom is 0.261 e. The molecule has 0 bridgehead atoms. The number of rotatable bonds is 7. The molecule has 0 atom stereocenters. The van der Waals surface area contributed by atoms with Gasteiger partial charge >= 0.3 is 0 Å². The summed E-state index contributed by atoms with van der Waals surface area (Å²) >= 11 is 0. The van der Waals surface area contributed by atoms with Gasteiger partial charge in [-0.15, -0.1) is 0 Å². The summed E-state index contributed by atoms with van der Waals surface area (Å²) in [6, 6.07) is 18.2. The molecular weight excluding hydrogens is 346 g/mol. The summed E-state index contributed by atoms with van der Waals surface area (Å²) in [6.07, 6.45) is 3.28. The highest BCUT2D eigenvalue weighted by molar-refractivity contribution is 7.92. The van der Waals surface area contributed by atoms with Crippen LogP contribution in [0.15, 0.2) is 65.6 Å². The Balaban J connectivity index is 1.82. The second-order valence-corrected chi connectivity index (χ2v) is 7.96. The zero-order valence-corrected chi connectivity index (χ0v) is 15.8. The van der Waals surface area contributed by atoms with Crippen molar-refractivity contribution < 1.29 is 13.2 Å². The van der Waals surface area contributed by atoms with Gasteiger partial charge in [0.05, 0.1) is 12.0 Å². The van der Waals surface area contributed by atoms with Crippen LogP contribution in [0.2, 0.25) is 0 Å². The van der Waals surface area contributed by atoms with Crippen LogP contribution in [0.3, 0.4) is 0 Å². The molecule has 0 aliphatic carbocycles. The molecule has 0 aromatic heterocycles. The van der Waals surface area contributed by atoms with Crippen LogP contribution in [0.4, 0.5) is 5.69 Å². The highest BCUT2D eigenvalue weighted by atomic mass is 32.2. The molecule has 0 aliphatic heterocycles. The molecule has 5 heteroatoms. The van der Waals surface area contributed by atoms with Crippen LogP contribution >= 0.6 is 0 Å². The van der Waals surface area contributed by atoms with Gasteiger partial charge in [0.1, 0.15) is 5.75 Å². The Bertz CT molecular complexity index is 995. The number of fused-ring (bicyclic) bond motifs is 1. The van der Waals surface area contributed by atoms with E-state index in [1.54, 1.807) is 25.3 Å². The molecule has 0 radical (unpaired) electrons. The predicted molar refractivity (Wildman–Crippen MR) is 106 cm³/mol. The molecule has 3 rings (SSSR count). The maximum absolute atomic E-state index is 12.7. The van der Waals surface area contributed by atoms with Crippen molar-refractivity contribution >= 4 is 26.5 Å². The van der Waals surface area contributed by atoms with E-state index in [2.05, 4.69) is 11.6 Å². The minimum absolute atomic E-state index is 0.241. The molecule has 0 aliphatic rings. The SMILES string of the molecule is CCCCc1ccc(NS(=O)(=O)c2ccc3cc(OC)ccc3c2)cc1. The molecule has 3 aromatic carbocycles. The van der Waals surface area contributed by atoms with Crippen LogP contribution in [0.1, 0.15) is 25.3 Å². The number of unbranched alkanes of at least 4 members (excludes halogenated alkanes) is 1. The summed E-state index contributed by atoms with van der Waals surface area (Å²) in [5.41, 5.74) is 1.79. The number of nitrogens with one attached hydrogen (secondary N) is 1. The van der Waals surface area contributed by atoms with Crippen LogP contribution in [0, 0.1) is 0 Å². The van der Waals surface area contributed by atoms with Crippen molar-refractivity contribution in [3.63, 3.8) is 0 Å². The van der Waals surface area contributed by atoms with Gasteiger partial charge in [-0.2, -0.15) is 0 Å². The zero-order valence-electron chi connectivity index (χ0n) is 15.0. The Morgan fingerprint density at radius 1 is 0.923 bits per heavy atom. The molecule has 0 unspecified atom stereocenters. The van der Waals surface area contributed by atoms with E-state index in [0.717, 1.165) is 35.8 Å². The van der Waals surface area contributed by atoms with Crippen LogP contribution in [0.25, 0.3) is 10.8 Å². The normalized spacial score (nSPS) is 11.5. The Hall–Kier alpha value is -2.53. The second-order valence-electron chi connectivity index (χ2n) is 6.28. The quantitative estimate of drug-likeness (QED) is 0.638. The van der Waals surface area contributed by atoms with Crippen LogP contribution in [-0.2, 0) is 16.4 Å². The van der Waals surface area contributed by atoms with E-state index in [-0.39, 0.29) is 4.90 Å². The van der Waals surface area contributed by atoms with E-state index >= 15 is 0 Å². The largest absolute Gasteiger partial charge is 0.497 e. The van der Waals surface area contributed by atoms with Crippen molar-refractivity contribution in [2.45, 2.75) is 31.1 Å².